The first-order chi connectivity index (χ1) is 13.5. The van der Waals surface area contributed by atoms with Crippen LogP contribution in [0.2, 0.25) is 5.02 Å². The first-order valence-corrected chi connectivity index (χ1v) is 9.10. The first kappa shape index (κ1) is 18.1. The van der Waals surface area contributed by atoms with Crippen molar-refractivity contribution in [3.63, 3.8) is 0 Å². The third-order valence-corrected chi connectivity index (χ3v) is 4.99. The number of amides is 2. The van der Waals surface area contributed by atoms with Crippen molar-refractivity contribution >= 4 is 34.8 Å². The third kappa shape index (κ3) is 3.59. The molecule has 2 heterocycles. The topological polar surface area (TPSA) is 93.0 Å². The van der Waals surface area contributed by atoms with Gasteiger partial charge in [0.25, 0.3) is 0 Å². The van der Waals surface area contributed by atoms with Gasteiger partial charge in [-0.3, -0.25) is 9.59 Å². The summed E-state index contributed by atoms with van der Waals surface area (Å²) < 4.78 is 1.46. The number of nitrogens with one attached hydrogen (secondary N) is 1. The van der Waals surface area contributed by atoms with Gasteiger partial charge in [0.15, 0.2) is 0 Å². The summed E-state index contributed by atoms with van der Waals surface area (Å²) in [5, 5.41) is 14.2. The SMILES string of the molecule is Cc1ccc(N2C[C@@H](C(=O)Nc3cc(-n4cnnn4)ccc3Cl)CC2=O)cc1. The minimum Gasteiger partial charge on any atom is -0.324 e. The Labute approximate surface area is 166 Å². The van der Waals surface area contributed by atoms with Gasteiger partial charge in [0.05, 0.1) is 22.3 Å². The molecule has 1 atom stereocenters. The molecule has 1 saturated heterocycles. The molecule has 0 bridgehead atoms. The van der Waals surface area contributed by atoms with Crippen LogP contribution >= 0.6 is 11.6 Å². The summed E-state index contributed by atoms with van der Waals surface area (Å²) in [5.41, 5.74) is 3.01. The standard InChI is InChI=1S/C19H17ClN6O2/c1-12-2-4-14(5-3-12)25-10-13(8-18(25)27)19(28)22-17-9-15(6-7-16(17)20)26-11-21-23-24-26/h2-7,9,11,13H,8,10H2,1H3,(H,22,28)/t13-/m0/s1. The lowest BCUT2D eigenvalue weighted by Gasteiger charge is -2.17. The number of hydrogen-bond donors (Lipinski definition) is 1. The lowest BCUT2D eigenvalue weighted by Crippen LogP contribution is -2.28. The molecule has 0 saturated carbocycles. The van der Waals surface area contributed by atoms with E-state index in [0.717, 1.165) is 11.3 Å². The van der Waals surface area contributed by atoms with E-state index in [-0.39, 0.29) is 18.2 Å². The Morgan fingerprint density at radius 3 is 2.64 bits per heavy atom. The molecule has 0 spiro atoms. The van der Waals surface area contributed by atoms with Crippen LogP contribution in [-0.4, -0.2) is 38.6 Å². The highest BCUT2D eigenvalue weighted by Crippen LogP contribution is 2.29. The number of halogens is 1. The van der Waals surface area contributed by atoms with Crippen LogP contribution in [0.25, 0.3) is 5.69 Å². The molecule has 1 aliphatic heterocycles. The van der Waals surface area contributed by atoms with Crippen molar-refractivity contribution in [2.24, 2.45) is 5.92 Å². The van der Waals surface area contributed by atoms with E-state index in [1.54, 1.807) is 23.1 Å². The van der Waals surface area contributed by atoms with Gasteiger partial charge in [-0.15, -0.1) is 5.10 Å². The van der Waals surface area contributed by atoms with Gasteiger partial charge in [-0.25, -0.2) is 4.68 Å². The van der Waals surface area contributed by atoms with Crippen molar-refractivity contribution in [3.8, 4) is 5.69 Å². The zero-order valence-electron chi connectivity index (χ0n) is 15.0. The van der Waals surface area contributed by atoms with Crippen LogP contribution in [0.3, 0.4) is 0 Å². The Hall–Kier alpha value is -3.26. The Morgan fingerprint density at radius 2 is 1.93 bits per heavy atom. The van der Waals surface area contributed by atoms with Crippen LogP contribution in [-0.2, 0) is 9.59 Å². The van der Waals surface area contributed by atoms with Crippen LogP contribution in [0.15, 0.2) is 48.8 Å². The molecule has 1 aliphatic rings. The highest BCUT2D eigenvalue weighted by atomic mass is 35.5. The Balaban J connectivity index is 1.49. The maximum Gasteiger partial charge on any atom is 0.229 e. The fraction of sp³-hybridized carbons (Fsp3) is 0.211. The number of rotatable bonds is 4. The summed E-state index contributed by atoms with van der Waals surface area (Å²) in [5.74, 6) is -0.780. The second kappa shape index (κ2) is 7.40. The molecule has 1 fully saturated rings. The summed E-state index contributed by atoms with van der Waals surface area (Å²) in [6.07, 6.45) is 1.61. The predicted octanol–water partition coefficient (Wildman–Crippen LogP) is 2.62. The molecular weight excluding hydrogens is 380 g/mol. The summed E-state index contributed by atoms with van der Waals surface area (Å²) >= 11 is 6.22. The van der Waals surface area contributed by atoms with Gasteiger partial charge in [-0.1, -0.05) is 29.3 Å². The first-order valence-electron chi connectivity index (χ1n) is 8.72. The fourth-order valence-electron chi connectivity index (χ4n) is 3.12. The molecular formula is C19H17ClN6O2. The van der Waals surface area contributed by atoms with E-state index in [9.17, 15) is 9.59 Å². The lowest BCUT2D eigenvalue weighted by atomic mass is 10.1. The van der Waals surface area contributed by atoms with Crippen molar-refractivity contribution in [1.29, 1.82) is 0 Å². The van der Waals surface area contributed by atoms with Crippen LogP contribution in [0, 0.1) is 12.8 Å². The molecule has 4 rings (SSSR count). The van der Waals surface area contributed by atoms with E-state index >= 15 is 0 Å². The molecule has 1 N–H and O–H groups in total. The molecule has 0 unspecified atom stereocenters. The lowest BCUT2D eigenvalue weighted by molar-refractivity contribution is -0.122. The molecule has 28 heavy (non-hydrogen) atoms. The Bertz CT molecular complexity index is 1020. The van der Waals surface area contributed by atoms with Crippen molar-refractivity contribution < 1.29 is 9.59 Å². The van der Waals surface area contributed by atoms with Crippen molar-refractivity contribution in [1.82, 2.24) is 20.2 Å². The number of benzene rings is 2. The van der Waals surface area contributed by atoms with Crippen LogP contribution in [0.4, 0.5) is 11.4 Å². The summed E-state index contributed by atoms with van der Waals surface area (Å²) in [7, 11) is 0. The second-order valence-electron chi connectivity index (χ2n) is 6.65. The van der Waals surface area contributed by atoms with Crippen molar-refractivity contribution in [3.05, 3.63) is 59.4 Å². The number of aromatic nitrogens is 4. The molecule has 1 aromatic heterocycles. The van der Waals surface area contributed by atoms with E-state index in [2.05, 4.69) is 20.8 Å². The minimum atomic E-state index is -0.457. The highest BCUT2D eigenvalue weighted by molar-refractivity contribution is 6.33. The molecule has 2 amide bonds. The molecule has 142 valence electrons. The van der Waals surface area contributed by atoms with Crippen LogP contribution in [0.5, 0.6) is 0 Å². The van der Waals surface area contributed by atoms with Gasteiger partial charge in [-0.05, 0) is 47.7 Å². The Morgan fingerprint density at radius 1 is 1.18 bits per heavy atom. The molecule has 8 nitrogen and oxygen atoms in total. The predicted molar refractivity (Wildman–Crippen MR) is 104 cm³/mol. The molecule has 3 aromatic rings. The van der Waals surface area contributed by atoms with Gasteiger partial charge in [0, 0.05) is 18.7 Å². The average molecular weight is 397 g/mol. The molecule has 0 radical (unpaired) electrons. The Kier molecular flexibility index (Phi) is 4.79. The second-order valence-corrected chi connectivity index (χ2v) is 7.06. The van der Waals surface area contributed by atoms with Gasteiger partial charge in [0.1, 0.15) is 6.33 Å². The van der Waals surface area contributed by atoms with E-state index in [4.69, 9.17) is 11.6 Å². The highest BCUT2D eigenvalue weighted by Gasteiger charge is 2.35. The van der Waals surface area contributed by atoms with Gasteiger partial charge in [0.2, 0.25) is 11.8 Å². The van der Waals surface area contributed by atoms with Gasteiger partial charge in [-0.2, -0.15) is 0 Å². The smallest absolute Gasteiger partial charge is 0.229 e. The zero-order valence-corrected chi connectivity index (χ0v) is 15.8. The van der Waals surface area contributed by atoms with Gasteiger partial charge >= 0.3 is 0 Å². The average Bonchev–Trinajstić information content (AvgIpc) is 3.34. The minimum absolute atomic E-state index is 0.0717. The van der Waals surface area contributed by atoms with E-state index in [1.807, 2.05) is 31.2 Å². The zero-order chi connectivity index (χ0) is 19.7. The monoisotopic (exact) mass is 396 g/mol. The fourth-order valence-corrected chi connectivity index (χ4v) is 3.29. The molecule has 2 aromatic carbocycles. The van der Waals surface area contributed by atoms with Crippen LogP contribution < -0.4 is 10.2 Å². The number of anilines is 2. The third-order valence-electron chi connectivity index (χ3n) is 4.66. The number of nitrogens with zero attached hydrogens (tertiary/aromatic N) is 5. The van der Waals surface area contributed by atoms with Crippen molar-refractivity contribution in [2.45, 2.75) is 13.3 Å². The molecule has 9 heteroatoms. The van der Waals surface area contributed by atoms with Crippen molar-refractivity contribution in [2.75, 3.05) is 16.8 Å². The van der Waals surface area contributed by atoms with E-state index in [1.165, 1.54) is 11.0 Å². The van der Waals surface area contributed by atoms with E-state index < -0.39 is 5.92 Å². The molecule has 0 aliphatic carbocycles. The van der Waals surface area contributed by atoms with E-state index in [0.29, 0.717) is 22.9 Å². The number of hydrogen-bond acceptors (Lipinski definition) is 5. The summed E-state index contributed by atoms with van der Waals surface area (Å²) in [6.45, 7) is 2.32. The maximum absolute atomic E-state index is 12.7. The maximum atomic E-state index is 12.7. The number of carbonyl (C=O) groups is 2. The largest absolute Gasteiger partial charge is 0.324 e. The summed E-state index contributed by atoms with van der Waals surface area (Å²) in [4.78, 5) is 26.8. The quantitative estimate of drug-likeness (QED) is 0.731. The number of tetrazole rings is 1. The normalized spacial score (nSPS) is 16.4. The number of aryl methyl sites for hydroxylation is 1. The summed E-state index contributed by atoms with van der Waals surface area (Å²) in [6, 6.07) is 12.8. The van der Waals surface area contributed by atoms with Gasteiger partial charge < -0.3 is 10.2 Å². The van der Waals surface area contributed by atoms with Crippen LogP contribution in [0.1, 0.15) is 12.0 Å². The number of carbonyl (C=O) groups excluding carboxylic acids is 2.